The van der Waals surface area contributed by atoms with E-state index in [4.69, 9.17) is 12.2 Å². The second-order valence-corrected chi connectivity index (χ2v) is 9.29. The second kappa shape index (κ2) is 10.7. The summed E-state index contributed by atoms with van der Waals surface area (Å²) >= 11 is 5.77. The summed E-state index contributed by atoms with van der Waals surface area (Å²) in [5.74, 6) is -0.0487. The number of benzene rings is 1. The third-order valence-electron chi connectivity index (χ3n) is 6.36. The standard InChI is InChI=1S/C28H28N6OS/c1-20-9-11-22(12-10-20)31-25(35)13-17-34-27(26(32-28(34)36)23-7-2-3-15-30-23)24-8-5-16-33(24)19-21-6-4-14-29-18-21/h2-12,14-16,18,26-27H,13,17,19H2,1H3,(H,31,35)(H,32,36)/t26-,27+/m1/s1. The Balaban J connectivity index is 1.39. The molecule has 2 N–H and O–H groups in total. The summed E-state index contributed by atoms with van der Waals surface area (Å²) in [7, 11) is 0. The van der Waals surface area contributed by atoms with Gasteiger partial charge in [0.2, 0.25) is 5.91 Å². The number of aromatic nitrogens is 3. The van der Waals surface area contributed by atoms with E-state index >= 15 is 0 Å². The third-order valence-corrected chi connectivity index (χ3v) is 6.71. The summed E-state index contributed by atoms with van der Waals surface area (Å²) in [4.78, 5) is 23.8. The van der Waals surface area contributed by atoms with Crippen molar-refractivity contribution in [1.29, 1.82) is 0 Å². The highest BCUT2D eigenvalue weighted by molar-refractivity contribution is 7.80. The van der Waals surface area contributed by atoms with Crippen LogP contribution in [-0.2, 0) is 11.3 Å². The Labute approximate surface area is 216 Å². The zero-order valence-corrected chi connectivity index (χ0v) is 20.9. The molecule has 0 radical (unpaired) electrons. The Morgan fingerprint density at radius 2 is 1.92 bits per heavy atom. The second-order valence-electron chi connectivity index (χ2n) is 8.91. The van der Waals surface area contributed by atoms with Crippen molar-refractivity contribution in [3.63, 3.8) is 0 Å². The van der Waals surface area contributed by atoms with Crippen LogP contribution in [0.3, 0.4) is 0 Å². The lowest BCUT2D eigenvalue weighted by Gasteiger charge is -2.29. The van der Waals surface area contributed by atoms with E-state index < -0.39 is 0 Å². The van der Waals surface area contributed by atoms with Gasteiger partial charge in [0.25, 0.3) is 0 Å². The first-order chi connectivity index (χ1) is 17.6. The lowest BCUT2D eigenvalue weighted by molar-refractivity contribution is -0.116. The zero-order chi connectivity index (χ0) is 24.9. The maximum absolute atomic E-state index is 12.8. The molecule has 0 aliphatic carbocycles. The highest BCUT2D eigenvalue weighted by atomic mass is 32.1. The molecular formula is C28H28N6OS. The average molecular weight is 497 g/mol. The first-order valence-electron chi connectivity index (χ1n) is 12.0. The Morgan fingerprint density at radius 3 is 2.67 bits per heavy atom. The van der Waals surface area contributed by atoms with Crippen molar-refractivity contribution in [2.75, 3.05) is 11.9 Å². The first-order valence-corrected chi connectivity index (χ1v) is 12.4. The van der Waals surface area contributed by atoms with Gasteiger partial charge in [-0.25, -0.2) is 0 Å². The minimum atomic E-state index is -0.138. The highest BCUT2D eigenvalue weighted by Gasteiger charge is 2.41. The molecule has 182 valence electrons. The van der Waals surface area contributed by atoms with Crippen LogP contribution in [0.1, 0.15) is 41.0 Å². The largest absolute Gasteiger partial charge is 0.352 e. The fraction of sp³-hybridized carbons (Fsp3) is 0.214. The topological polar surface area (TPSA) is 75.1 Å². The van der Waals surface area contributed by atoms with Crippen molar-refractivity contribution >= 4 is 28.9 Å². The van der Waals surface area contributed by atoms with Gasteiger partial charge in [-0.15, -0.1) is 0 Å². The van der Waals surface area contributed by atoms with Crippen LogP contribution in [0.4, 0.5) is 5.69 Å². The predicted octanol–water partition coefficient (Wildman–Crippen LogP) is 4.64. The summed E-state index contributed by atoms with van der Waals surface area (Å²) in [6.07, 6.45) is 7.83. The molecule has 0 unspecified atom stereocenters. The van der Waals surface area contributed by atoms with Crippen LogP contribution >= 0.6 is 12.2 Å². The van der Waals surface area contributed by atoms with Crippen molar-refractivity contribution in [3.05, 3.63) is 114 Å². The highest BCUT2D eigenvalue weighted by Crippen LogP contribution is 2.39. The van der Waals surface area contributed by atoms with E-state index in [-0.39, 0.29) is 18.0 Å². The Kier molecular flexibility index (Phi) is 7.04. The maximum atomic E-state index is 12.8. The van der Waals surface area contributed by atoms with Crippen molar-refractivity contribution in [2.24, 2.45) is 0 Å². The summed E-state index contributed by atoms with van der Waals surface area (Å²) < 4.78 is 2.21. The number of nitrogens with zero attached hydrogens (tertiary/aromatic N) is 4. The van der Waals surface area contributed by atoms with Gasteiger partial charge in [-0.2, -0.15) is 0 Å². The van der Waals surface area contributed by atoms with Gasteiger partial charge in [-0.1, -0.05) is 29.8 Å². The first kappa shape index (κ1) is 23.7. The summed E-state index contributed by atoms with van der Waals surface area (Å²) in [6, 6.07) is 21.6. The molecule has 1 saturated heterocycles. The minimum absolute atomic E-state index is 0.0487. The van der Waals surface area contributed by atoms with Gasteiger partial charge in [-0.05, 0) is 67.2 Å². The molecule has 0 saturated carbocycles. The van der Waals surface area contributed by atoms with Crippen LogP contribution in [-0.4, -0.2) is 37.0 Å². The molecule has 1 aliphatic rings. The molecular weight excluding hydrogens is 468 g/mol. The number of hydrogen-bond donors (Lipinski definition) is 2. The summed E-state index contributed by atoms with van der Waals surface area (Å²) in [6.45, 7) is 3.20. The number of aryl methyl sites for hydroxylation is 1. The number of anilines is 1. The van der Waals surface area contributed by atoms with Gasteiger partial charge >= 0.3 is 0 Å². The number of hydrogen-bond acceptors (Lipinski definition) is 4. The molecule has 1 aromatic carbocycles. The summed E-state index contributed by atoms with van der Waals surface area (Å²) in [5, 5.41) is 7.08. The van der Waals surface area contributed by atoms with Crippen molar-refractivity contribution < 1.29 is 4.79 Å². The SMILES string of the molecule is Cc1ccc(NC(=O)CCN2C(=S)N[C@H](c3ccccn3)[C@@H]2c2cccn2Cc2cccnc2)cc1. The van der Waals surface area contributed by atoms with E-state index in [0.29, 0.717) is 24.6 Å². The Morgan fingerprint density at radius 1 is 1.06 bits per heavy atom. The lowest BCUT2D eigenvalue weighted by atomic mass is 10.0. The minimum Gasteiger partial charge on any atom is -0.352 e. The number of amides is 1. The number of pyridine rings is 2. The normalized spacial score (nSPS) is 17.1. The molecule has 1 aliphatic heterocycles. The van der Waals surface area contributed by atoms with Crippen LogP contribution in [0, 0.1) is 6.92 Å². The molecule has 0 bridgehead atoms. The van der Waals surface area contributed by atoms with Crippen molar-refractivity contribution in [1.82, 2.24) is 24.8 Å². The molecule has 3 aromatic heterocycles. The quantitative estimate of drug-likeness (QED) is 0.346. The summed E-state index contributed by atoms with van der Waals surface area (Å²) in [5.41, 5.74) is 5.06. The fourth-order valence-corrected chi connectivity index (χ4v) is 4.91. The van der Waals surface area contributed by atoms with Crippen LogP contribution in [0.2, 0.25) is 0 Å². The van der Waals surface area contributed by atoms with E-state index in [0.717, 1.165) is 28.2 Å². The molecule has 4 aromatic rings. The molecule has 0 spiro atoms. The predicted molar refractivity (Wildman–Crippen MR) is 144 cm³/mol. The van der Waals surface area contributed by atoms with Gasteiger partial charge in [0.15, 0.2) is 5.11 Å². The molecule has 8 heteroatoms. The molecule has 4 heterocycles. The van der Waals surface area contributed by atoms with E-state index in [1.54, 1.807) is 12.4 Å². The molecule has 1 amide bonds. The fourth-order valence-electron chi connectivity index (χ4n) is 4.58. The third kappa shape index (κ3) is 5.28. The molecule has 5 rings (SSSR count). The monoisotopic (exact) mass is 496 g/mol. The van der Waals surface area contributed by atoms with E-state index in [9.17, 15) is 4.79 Å². The smallest absolute Gasteiger partial charge is 0.226 e. The van der Waals surface area contributed by atoms with Crippen molar-refractivity contribution in [2.45, 2.75) is 32.0 Å². The van der Waals surface area contributed by atoms with Gasteiger partial charge < -0.3 is 20.1 Å². The number of thiocarbonyl (C=S) groups is 1. The lowest BCUT2D eigenvalue weighted by Crippen LogP contribution is -2.33. The van der Waals surface area contributed by atoms with Crippen LogP contribution in [0.15, 0.2) is 91.5 Å². The number of nitrogens with one attached hydrogen (secondary N) is 2. The van der Waals surface area contributed by atoms with E-state index in [1.807, 2.05) is 67.7 Å². The Hall–Kier alpha value is -4.04. The van der Waals surface area contributed by atoms with Crippen molar-refractivity contribution in [3.8, 4) is 0 Å². The van der Waals surface area contributed by atoms with E-state index in [2.05, 4.69) is 48.4 Å². The Bertz CT molecular complexity index is 1320. The molecule has 2 atom stereocenters. The number of carbonyl (C=O) groups is 1. The molecule has 1 fully saturated rings. The maximum Gasteiger partial charge on any atom is 0.226 e. The van der Waals surface area contributed by atoms with Gasteiger partial charge in [0, 0.05) is 55.7 Å². The number of rotatable bonds is 8. The average Bonchev–Trinajstić information content (AvgIpc) is 3.48. The van der Waals surface area contributed by atoms with Gasteiger partial charge in [0.05, 0.1) is 17.8 Å². The molecule has 36 heavy (non-hydrogen) atoms. The molecule has 7 nitrogen and oxygen atoms in total. The van der Waals surface area contributed by atoms with Gasteiger partial charge in [0.1, 0.15) is 0 Å². The van der Waals surface area contributed by atoms with Crippen LogP contribution in [0.25, 0.3) is 0 Å². The zero-order valence-electron chi connectivity index (χ0n) is 20.0. The number of carbonyl (C=O) groups excluding carboxylic acids is 1. The van der Waals surface area contributed by atoms with E-state index in [1.165, 1.54) is 0 Å². The van der Waals surface area contributed by atoms with Gasteiger partial charge in [-0.3, -0.25) is 14.8 Å². The van der Waals surface area contributed by atoms with Crippen LogP contribution in [0.5, 0.6) is 0 Å². The van der Waals surface area contributed by atoms with Crippen LogP contribution < -0.4 is 10.6 Å².